The van der Waals surface area contributed by atoms with Crippen molar-refractivity contribution in [1.82, 2.24) is 15.5 Å². The molecule has 1 aromatic heterocycles. The van der Waals surface area contributed by atoms with Crippen molar-refractivity contribution < 1.29 is 27.2 Å². The quantitative estimate of drug-likeness (QED) is 0.241. The molecule has 0 unspecified atom stereocenters. The van der Waals surface area contributed by atoms with Crippen LogP contribution in [0.1, 0.15) is 40.9 Å². The number of nitriles is 1. The van der Waals surface area contributed by atoms with Crippen molar-refractivity contribution in [2.24, 2.45) is 0 Å². The fourth-order valence-corrected chi connectivity index (χ4v) is 5.16. The van der Waals surface area contributed by atoms with Crippen molar-refractivity contribution >= 4 is 51.4 Å². The zero-order chi connectivity index (χ0) is 29.7. The van der Waals surface area contributed by atoms with Gasteiger partial charge in [0.1, 0.15) is 11.4 Å². The monoisotopic (exact) mass is 580 g/mol. The lowest BCUT2D eigenvalue weighted by atomic mass is 10.0. The first-order chi connectivity index (χ1) is 19.3. The van der Waals surface area contributed by atoms with E-state index in [0.29, 0.717) is 11.6 Å². The molecule has 3 aromatic carbocycles. The molecular formula is C28H20F4N6O2S. The highest BCUT2D eigenvalue weighted by molar-refractivity contribution is 7.81. The van der Waals surface area contributed by atoms with Crippen LogP contribution in [0.2, 0.25) is 0 Å². The smallest absolute Gasteiger partial charge is 0.348 e. The third-order valence-electron chi connectivity index (χ3n) is 6.79. The second kappa shape index (κ2) is 9.97. The van der Waals surface area contributed by atoms with Crippen LogP contribution in [0.15, 0.2) is 60.8 Å². The maximum atomic E-state index is 15.2. The Labute approximate surface area is 236 Å². The molecule has 0 atom stereocenters. The average molecular weight is 581 g/mol. The van der Waals surface area contributed by atoms with Crippen LogP contribution in [0.25, 0.3) is 10.9 Å². The van der Waals surface area contributed by atoms with Gasteiger partial charge in [0.2, 0.25) is 0 Å². The Kier molecular flexibility index (Phi) is 6.74. The molecule has 5 rings (SSSR count). The van der Waals surface area contributed by atoms with Crippen molar-refractivity contribution in [1.29, 1.82) is 5.26 Å². The van der Waals surface area contributed by atoms with Gasteiger partial charge in [0.15, 0.2) is 5.11 Å². The molecule has 0 radical (unpaired) electrons. The molecule has 1 aliphatic rings. The van der Waals surface area contributed by atoms with Crippen molar-refractivity contribution in [2.45, 2.75) is 32.1 Å². The number of hydrogen-bond acceptors (Lipinski definition) is 5. The van der Waals surface area contributed by atoms with Gasteiger partial charge in [-0.15, -0.1) is 0 Å². The van der Waals surface area contributed by atoms with Crippen LogP contribution in [0.5, 0.6) is 0 Å². The number of aromatic amines is 1. The number of hydrogen-bond donors (Lipinski definition) is 2. The first kappa shape index (κ1) is 27.7. The number of rotatable bonds is 5. The molecule has 2 heterocycles. The van der Waals surface area contributed by atoms with Gasteiger partial charge in [-0.3, -0.25) is 19.6 Å². The van der Waals surface area contributed by atoms with Crippen LogP contribution in [-0.2, 0) is 17.5 Å². The lowest BCUT2D eigenvalue weighted by molar-refractivity contribution is -0.137. The Morgan fingerprint density at radius 1 is 1.12 bits per heavy atom. The number of anilines is 2. The normalized spacial score (nSPS) is 15.0. The summed E-state index contributed by atoms with van der Waals surface area (Å²) in [6.07, 6.45) is -3.25. The third-order valence-corrected chi connectivity index (χ3v) is 7.16. The summed E-state index contributed by atoms with van der Waals surface area (Å²) in [5.41, 5.74) is -1.85. The number of benzene rings is 3. The minimum Gasteiger partial charge on any atom is -0.348 e. The number of H-pyrrole nitrogens is 1. The van der Waals surface area contributed by atoms with Gasteiger partial charge < -0.3 is 10.2 Å². The minimum absolute atomic E-state index is 0.126. The zero-order valence-corrected chi connectivity index (χ0v) is 22.3. The highest BCUT2D eigenvalue weighted by atomic mass is 32.1. The number of nitrogens with zero attached hydrogens (tertiary/aromatic N) is 4. The number of amides is 2. The van der Waals surface area contributed by atoms with Gasteiger partial charge in [0, 0.05) is 28.7 Å². The van der Waals surface area contributed by atoms with Crippen LogP contribution in [-0.4, -0.2) is 32.7 Å². The van der Waals surface area contributed by atoms with Crippen LogP contribution < -0.4 is 15.1 Å². The van der Waals surface area contributed by atoms with E-state index in [2.05, 4.69) is 15.5 Å². The summed E-state index contributed by atoms with van der Waals surface area (Å²) in [4.78, 5) is 28.3. The number of thiocarbonyl (C=S) groups is 1. The maximum Gasteiger partial charge on any atom is 0.417 e. The SMILES string of the molecule is CC1(C)C(=O)N(c2ccc(C#N)c(C(F)(F)F)c2)C(=S)N1c1ccc(CNC(=O)c2ccc3[nH]ncc3c2)c(F)c1. The molecule has 1 fully saturated rings. The average Bonchev–Trinajstić information content (AvgIpc) is 3.46. The van der Waals surface area contributed by atoms with Gasteiger partial charge >= 0.3 is 6.18 Å². The Morgan fingerprint density at radius 2 is 1.85 bits per heavy atom. The summed E-state index contributed by atoms with van der Waals surface area (Å²) in [7, 11) is 0. The van der Waals surface area contributed by atoms with Gasteiger partial charge in [-0.2, -0.15) is 23.5 Å². The third kappa shape index (κ3) is 4.87. The predicted molar refractivity (Wildman–Crippen MR) is 146 cm³/mol. The summed E-state index contributed by atoms with van der Waals surface area (Å²) in [6.45, 7) is 2.90. The second-order valence-electron chi connectivity index (χ2n) is 9.79. The van der Waals surface area contributed by atoms with E-state index in [1.165, 1.54) is 43.0 Å². The van der Waals surface area contributed by atoms with E-state index in [4.69, 9.17) is 17.5 Å². The van der Waals surface area contributed by atoms with E-state index in [-0.39, 0.29) is 28.6 Å². The fraction of sp³-hybridized carbons (Fsp3) is 0.179. The lowest BCUT2D eigenvalue weighted by Crippen LogP contribution is -2.44. The summed E-state index contributed by atoms with van der Waals surface area (Å²) in [5.74, 6) is -1.73. The lowest BCUT2D eigenvalue weighted by Gasteiger charge is -2.29. The number of nitrogens with one attached hydrogen (secondary N) is 2. The summed E-state index contributed by atoms with van der Waals surface area (Å²) in [5, 5.41) is 19.0. The van der Waals surface area contributed by atoms with Crippen molar-refractivity contribution in [3.8, 4) is 6.07 Å². The van der Waals surface area contributed by atoms with E-state index < -0.39 is 40.5 Å². The molecule has 13 heteroatoms. The minimum atomic E-state index is -4.83. The molecular weight excluding hydrogens is 560 g/mol. The number of carbonyl (C=O) groups excluding carboxylic acids is 2. The van der Waals surface area contributed by atoms with E-state index >= 15 is 4.39 Å². The van der Waals surface area contributed by atoms with Crippen LogP contribution in [0, 0.1) is 17.1 Å². The molecule has 1 aliphatic heterocycles. The number of aromatic nitrogens is 2. The number of halogens is 4. The van der Waals surface area contributed by atoms with Gasteiger partial charge in [-0.05, 0) is 74.6 Å². The number of alkyl halides is 3. The number of carbonyl (C=O) groups is 2. The second-order valence-corrected chi connectivity index (χ2v) is 10.2. The molecule has 0 saturated carbocycles. The summed E-state index contributed by atoms with van der Waals surface area (Å²) >= 11 is 5.49. The van der Waals surface area contributed by atoms with Crippen LogP contribution in [0.4, 0.5) is 28.9 Å². The summed E-state index contributed by atoms with van der Waals surface area (Å²) < 4.78 is 55.9. The molecule has 0 bridgehead atoms. The van der Waals surface area contributed by atoms with E-state index in [1.54, 1.807) is 24.4 Å². The molecule has 0 spiro atoms. The van der Waals surface area contributed by atoms with Gasteiger partial charge in [-0.1, -0.05) is 6.07 Å². The van der Waals surface area contributed by atoms with Crippen molar-refractivity contribution in [3.05, 3.63) is 88.9 Å². The maximum absolute atomic E-state index is 15.2. The molecule has 4 aromatic rings. The Bertz CT molecular complexity index is 1780. The highest BCUT2D eigenvalue weighted by Gasteiger charge is 2.50. The summed E-state index contributed by atoms with van der Waals surface area (Å²) in [6, 6.07) is 13.4. The standard InChI is InChI=1S/C28H20F4N6O2S/c1-27(2)25(40)37(19-6-3-16(12-33)21(10-19)28(30,31)32)26(41)38(27)20-7-4-17(22(29)11-20)13-34-24(39)15-5-8-23-18(9-15)14-35-36-23/h3-11,14H,13H2,1-2H3,(H,34,39)(H,35,36). The van der Waals surface area contributed by atoms with Gasteiger partial charge in [0.25, 0.3) is 11.8 Å². The molecule has 2 N–H and O–H groups in total. The Morgan fingerprint density at radius 3 is 2.54 bits per heavy atom. The molecule has 0 aliphatic carbocycles. The largest absolute Gasteiger partial charge is 0.417 e. The molecule has 2 amide bonds. The fourth-order valence-electron chi connectivity index (χ4n) is 4.64. The van der Waals surface area contributed by atoms with Crippen LogP contribution in [0.3, 0.4) is 0 Å². The molecule has 208 valence electrons. The van der Waals surface area contributed by atoms with E-state index in [9.17, 15) is 22.8 Å². The Hall–Kier alpha value is -4.83. The van der Waals surface area contributed by atoms with Crippen LogP contribution >= 0.6 is 12.2 Å². The van der Waals surface area contributed by atoms with Crippen molar-refractivity contribution in [3.63, 3.8) is 0 Å². The van der Waals surface area contributed by atoms with Crippen molar-refractivity contribution in [2.75, 3.05) is 9.80 Å². The molecule has 1 saturated heterocycles. The Balaban J connectivity index is 1.38. The first-order valence-electron chi connectivity index (χ1n) is 12.1. The topological polar surface area (TPSA) is 105 Å². The molecule has 8 nitrogen and oxygen atoms in total. The first-order valence-corrected chi connectivity index (χ1v) is 12.5. The predicted octanol–water partition coefficient (Wildman–Crippen LogP) is 5.44. The zero-order valence-electron chi connectivity index (χ0n) is 21.5. The van der Waals surface area contributed by atoms with E-state index in [1.807, 2.05) is 0 Å². The van der Waals surface area contributed by atoms with Gasteiger partial charge in [-0.25, -0.2) is 4.39 Å². The van der Waals surface area contributed by atoms with E-state index in [0.717, 1.165) is 27.9 Å². The number of fused-ring (bicyclic) bond motifs is 1. The molecule has 41 heavy (non-hydrogen) atoms. The van der Waals surface area contributed by atoms with Gasteiger partial charge in [0.05, 0.1) is 34.6 Å². The highest BCUT2D eigenvalue weighted by Crippen LogP contribution is 2.40.